The van der Waals surface area contributed by atoms with E-state index in [-0.39, 0.29) is 45.1 Å². The van der Waals surface area contributed by atoms with Crippen LogP contribution in [0, 0.1) is 12.7 Å². The molecule has 0 aliphatic rings. The average Bonchev–Trinajstić information content (AvgIpc) is 3.08. The molecule has 0 unspecified atom stereocenters. The van der Waals surface area contributed by atoms with Gasteiger partial charge in [-0.05, 0) is 62.7 Å². The maximum absolute atomic E-state index is 13.2. The molecule has 0 saturated heterocycles. The minimum Gasteiger partial charge on any atom is -0.476 e. The largest absolute Gasteiger partial charge is 0.476 e. The van der Waals surface area contributed by atoms with E-state index in [4.69, 9.17) is 4.74 Å². The van der Waals surface area contributed by atoms with E-state index < -0.39 is 27.7 Å². The highest BCUT2D eigenvalue weighted by molar-refractivity contribution is 7.89. The van der Waals surface area contributed by atoms with Gasteiger partial charge in [-0.15, -0.1) is 0 Å². The van der Waals surface area contributed by atoms with Crippen molar-refractivity contribution >= 4 is 27.6 Å². The van der Waals surface area contributed by atoms with Gasteiger partial charge in [0.25, 0.3) is 5.91 Å². The second-order valence-corrected chi connectivity index (χ2v) is 9.55. The lowest BCUT2D eigenvalue weighted by molar-refractivity contribution is 0.0688. The lowest BCUT2D eigenvalue weighted by atomic mass is 10.2. The zero-order valence-electron chi connectivity index (χ0n) is 19.5. The van der Waals surface area contributed by atoms with Crippen molar-refractivity contribution in [2.24, 2.45) is 7.05 Å². The first-order valence-electron chi connectivity index (χ1n) is 10.6. The number of nitrogens with zero attached hydrogens (tertiary/aromatic N) is 2. The Morgan fingerprint density at radius 3 is 2.43 bits per heavy atom. The van der Waals surface area contributed by atoms with Crippen molar-refractivity contribution in [3.05, 3.63) is 65.1 Å². The summed E-state index contributed by atoms with van der Waals surface area (Å²) < 4.78 is 49.1. The van der Waals surface area contributed by atoms with Crippen molar-refractivity contribution in [1.29, 1.82) is 0 Å². The molecule has 1 aromatic heterocycles. The number of carboxylic acid groups (broad SMARTS) is 1. The molecular weight excluding hydrogens is 479 g/mol. The number of benzene rings is 2. The first-order valence-corrected chi connectivity index (χ1v) is 12.1. The van der Waals surface area contributed by atoms with Crippen LogP contribution in [0.2, 0.25) is 0 Å². The molecule has 3 aromatic rings. The van der Waals surface area contributed by atoms with E-state index in [2.05, 4.69) is 15.1 Å². The first-order chi connectivity index (χ1) is 16.4. The van der Waals surface area contributed by atoms with E-state index in [0.29, 0.717) is 6.42 Å². The van der Waals surface area contributed by atoms with Crippen molar-refractivity contribution < 1.29 is 32.2 Å². The average molecular weight is 505 g/mol. The van der Waals surface area contributed by atoms with E-state index >= 15 is 0 Å². The molecule has 10 nitrogen and oxygen atoms in total. The van der Waals surface area contributed by atoms with Crippen LogP contribution >= 0.6 is 0 Å². The molecule has 1 amide bonds. The van der Waals surface area contributed by atoms with Gasteiger partial charge in [-0.1, -0.05) is 6.92 Å². The SMILES string of the molecule is CC[C@H](C)NS(=O)(=O)c1cc(NC(=O)c2ccc(F)cc2)ccc1Oc1c(C)c(C(=O)O)nn1C. The Morgan fingerprint density at radius 1 is 1.20 bits per heavy atom. The van der Waals surface area contributed by atoms with Gasteiger partial charge in [0.15, 0.2) is 5.69 Å². The molecule has 0 aliphatic carbocycles. The Bertz CT molecular complexity index is 1370. The number of halogens is 1. The van der Waals surface area contributed by atoms with Crippen molar-refractivity contribution in [3.8, 4) is 11.6 Å². The Hall–Kier alpha value is -3.77. The molecule has 3 rings (SSSR count). The Kier molecular flexibility index (Phi) is 7.56. The normalized spacial score (nSPS) is 12.3. The van der Waals surface area contributed by atoms with E-state index in [0.717, 1.165) is 12.1 Å². The van der Waals surface area contributed by atoms with Crippen LogP contribution in [-0.4, -0.2) is 41.2 Å². The van der Waals surface area contributed by atoms with Gasteiger partial charge < -0.3 is 15.2 Å². The van der Waals surface area contributed by atoms with Gasteiger partial charge in [-0.25, -0.2) is 27.0 Å². The molecule has 12 heteroatoms. The van der Waals surface area contributed by atoms with Gasteiger partial charge in [-0.2, -0.15) is 5.10 Å². The second-order valence-electron chi connectivity index (χ2n) is 7.86. The molecular formula is C23H25FN4O6S. The van der Waals surface area contributed by atoms with Crippen LogP contribution in [0.3, 0.4) is 0 Å². The smallest absolute Gasteiger partial charge is 0.356 e. The molecule has 1 heterocycles. The number of hydrogen-bond acceptors (Lipinski definition) is 6. The van der Waals surface area contributed by atoms with Crippen LogP contribution in [0.25, 0.3) is 0 Å². The van der Waals surface area contributed by atoms with Crippen LogP contribution in [0.15, 0.2) is 47.4 Å². The fraction of sp³-hybridized carbons (Fsp3) is 0.261. The van der Waals surface area contributed by atoms with Crippen molar-refractivity contribution in [2.45, 2.75) is 38.1 Å². The highest BCUT2D eigenvalue weighted by Crippen LogP contribution is 2.34. The number of carbonyl (C=O) groups is 2. The van der Waals surface area contributed by atoms with Gasteiger partial charge >= 0.3 is 5.97 Å². The van der Waals surface area contributed by atoms with Crippen LogP contribution in [-0.2, 0) is 17.1 Å². The summed E-state index contributed by atoms with van der Waals surface area (Å²) in [5.74, 6) is -2.36. The van der Waals surface area contributed by atoms with E-state index in [9.17, 15) is 27.5 Å². The van der Waals surface area contributed by atoms with Crippen molar-refractivity contribution in [1.82, 2.24) is 14.5 Å². The summed E-state index contributed by atoms with van der Waals surface area (Å²) in [6.07, 6.45) is 0.527. The number of ether oxygens (including phenoxy) is 1. The number of carbonyl (C=O) groups excluding carboxylic acids is 1. The van der Waals surface area contributed by atoms with Crippen LogP contribution in [0.1, 0.15) is 46.7 Å². The van der Waals surface area contributed by atoms with Crippen LogP contribution < -0.4 is 14.8 Å². The number of aromatic nitrogens is 2. The minimum absolute atomic E-state index is 0.0467. The third-order valence-corrected chi connectivity index (χ3v) is 6.81. The number of anilines is 1. The van der Waals surface area contributed by atoms with Gasteiger partial charge in [0.1, 0.15) is 16.5 Å². The monoisotopic (exact) mass is 504 g/mol. The Morgan fingerprint density at radius 2 is 1.86 bits per heavy atom. The molecule has 0 fully saturated rings. The molecule has 0 saturated carbocycles. The molecule has 0 radical (unpaired) electrons. The maximum Gasteiger partial charge on any atom is 0.356 e. The first kappa shape index (κ1) is 25.8. The van der Waals surface area contributed by atoms with E-state index in [1.54, 1.807) is 6.92 Å². The lowest BCUT2D eigenvalue weighted by Crippen LogP contribution is -2.32. The number of nitrogens with one attached hydrogen (secondary N) is 2. The van der Waals surface area contributed by atoms with Crippen LogP contribution in [0.5, 0.6) is 11.6 Å². The lowest BCUT2D eigenvalue weighted by Gasteiger charge is -2.17. The minimum atomic E-state index is -4.11. The molecule has 186 valence electrons. The number of sulfonamides is 1. The van der Waals surface area contributed by atoms with Crippen LogP contribution in [0.4, 0.5) is 10.1 Å². The van der Waals surface area contributed by atoms with E-state index in [1.807, 2.05) is 6.92 Å². The molecule has 1 atom stereocenters. The standard InChI is InChI=1S/C23H25FN4O6S/c1-5-13(2)27-35(32,33)19-12-17(25-21(29)15-6-8-16(24)9-7-15)10-11-18(19)34-22-14(3)20(23(30)31)26-28(22)4/h6-13,27H,5H2,1-4H3,(H,25,29)(H,30,31)/t13-/m0/s1. The number of aryl methyl sites for hydroxylation is 1. The number of hydrogen-bond donors (Lipinski definition) is 3. The molecule has 0 aliphatic heterocycles. The molecule has 2 aromatic carbocycles. The quantitative estimate of drug-likeness (QED) is 0.404. The predicted octanol–water partition coefficient (Wildman–Crippen LogP) is 3.69. The Balaban J connectivity index is 2.03. The summed E-state index contributed by atoms with van der Waals surface area (Å²) in [4.78, 5) is 23.7. The summed E-state index contributed by atoms with van der Waals surface area (Å²) in [5.41, 5.74) is 0.324. The summed E-state index contributed by atoms with van der Waals surface area (Å²) in [6, 6.07) is 8.50. The zero-order valence-corrected chi connectivity index (χ0v) is 20.3. The fourth-order valence-corrected chi connectivity index (χ4v) is 4.64. The number of amides is 1. The third kappa shape index (κ3) is 5.84. The highest BCUT2D eigenvalue weighted by atomic mass is 32.2. The van der Waals surface area contributed by atoms with E-state index in [1.165, 1.54) is 49.0 Å². The number of rotatable bonds is 9. The highest BCUT2D eigenvalue weighted by Gasteiger charge is 2.26. The van der Waals surface area contributed by atoms with Gasteiger partial charge in [-0.3, -0.25) is 4.79 Å². The number of carboxylic acids is 1. The second kappa shape index (κ2) is 10.2. The third-order valence-electron chi connectivity index (χ3n) is 5.20. The van der Waals surface area contributed by atoms with Gasteiger partial charge in [0, 0.05) is 29.9 Å². The molecule has 35 heavy (non-hydrogen) atoms. The van der Waals surface area contributed by atoms with Crippen molar-refractivity contribution in [2.75, 3.05) is 5.32 Å². The summed E-state index contributed by atoms with van der Waals surface area (Å²) >= 11 is 0. The van der Waals surface area contributed by atoms with Gasteiger partial charge in [0.05, 0.1) is 0 Å². The summed E-state index contributed by atoms with van der Waals surface area (Å²) in [7, 11) is -2.64. The molecule has 0 spiro atoms. The number of aromatic carboxylic acids is 1. The summed E-state index contributed by atoms with van der Waals surface area (Å²) in [6.45, 7) is 5.01. The summed E-state index contributed by atoms with van der Waals surface area (Å²) in [5, 5.41) is 15.8. The zero-order chi connectivity index (χ0) is 25.9. The maximum atomic E-state index is 13.2. The molecule has 3 N–H and O–H groups in total. The fourth-order valence-electron chi connectivity index (χ4n) is 3.16. The van der Waals surface area contributed by atoms with Crippen molar-refractivity contribution in [3.63, 3.8) is 0 Å². The topological polar surface area (TPSA) is 140 Å². The molecule has 0 bridgehead atoms. The Labute approximate surface area is 201 Å². The predicted molar refractivity (Wildman–Crippen MR) is 126 cm³/mol. The van der Waals surface area contributed by atoms with Gasteiger partial charge in [0.2, 0.25) is 15.9 Å².